The summed E-state index contributed by atoms with van der Waals surface area (Å²) in [4.78, 5) is 40.3. The summed E-state index contributed by atoms with van der Waals surface area (Å²) in [5, 5.41) is 0.351. The van der Waals surface area contributed by atoms with Gasteiger partial charge in [-0.1, -0.05) is 12.1 Å². The molecule has 1 saturated heterocycles. The van der Waals surface area contributed by atoms with Crippen LogP contribution in [-0.4, -0.2) is 60.4 Å². The fourth-order valence-electron chi connectivity index (χ4n) is 7.43. The summed E-state index contributed by atoms with van der Waals surface area (Å²) in [5.41, 5.74) is 3.20. The third-order valence-corrected chi connectivity index (χ3v) is 9.93. The zero-order valence-corrected chi connectivity index (χ0v) is 29.2. The highest BCUT2D eigenvalue weighted by molar-refractivity contribution is 5.83. The molecule has 0 N–H and O–H groups in total. The third-order valence-electron chi connectivity index (χ3n) is 9.93. The first-order valence-corrected chi connectivity index (χ1v) is 16.7. The number of ether oxygens (including phenoxy) is 9. The second-order valence-corrected chi connectivity index (χ2v) is 12.7. The van der Waals surface area contributed by atoms with Crippen molar-refractivity contribution in [3.05, 3.63) is 99.9 Å². The van der Waals surface area contributed by atoms with Crippen LogP contribution in [0.1, 0.15) is 28.7 Å². The van der Waals surface area contributed by atoms with Crippen molar-refractivity contribution in [3.63, 3.8) is 0 Å². The number of benzene rings is 4. The highest BCUT2D eigenvalue weighted by Gasteiger charge is 2.54. The van der Waals surface area contributed by atoms with Crippen LogP contribution in [-0.2, 0) is 19.1 Å². The first-order chi connectivity index (χ1) is 25.8. The second kappa shape index (κ2) is 13.6. The zero-order chi connectivity index (χ0) is 36.8. The average molecular weight is 723 g/mol. The van der Waals surface area contributed by atoms with Crippen LogP contribution in [0.25, 0.3) is 22.1 Å². The minimum atomic E-state index is -0.878. The van der Waals surface area contributed by atoms with Crippen molar-refractivity contribution >= 4 is 22.9 Å². The van der Waals surface area contributed by atoms with Crippen molar-refractivity contribution in [1.29, 1.82) is 0 Å². The lowest BCUT2D eigenvalue weighted by atomic mass is 9.66. The summed E-state index contributed by atoms with van der Waals surface area (Å²) in [7, 11) is 6.12. The van der Waals surface area contributed by atoms with E-state index in [0.29, 0.717) is 73.5 Å². The molecule has 0 bridgehead atoms. The molecule has 13 heteroatoms. The number of rotatable bonds is 10. The van der Waals surface area contributed by atoms with E-state index in [0.717, 1.165) is 0 Å². The smallest absolute Gasteiger partial charge is 0.344 e. The van der Waals surface area contributed by atoms with E-state index in [9.17, 15) is 14.4 Å². The van der Waals surface area contributed by atoms with Gasteiger partial charge in [0.1, 0.15) is 29.4 Å². The van der Waals surface area contributed by atoms with Crippen LogP contribution in [0.15, 0.2) is 82.2 Å². The summed E-state index contributed by atoms with van der Waals surface area (Å²) in [6.07, 6.45) is 0.514. The van der Waals surface area contributed by atoms with Crippen molar-refractivity contribution in [1.82, 2.24) is 0 Å². The Morgan fingerprint density at radius 1 is 0.774 bits per heavy atom. The number of hydrogen-bond acceptors (Lipinski definition) is 13. The van der Waals surface area contributed by atoms with Gasteiger partial charge in [0.25, 0.3) is 0 Å². The summed E-state index contributed by atoms with van der Waals surface area (Å²) in [5.74, 6) is 0.272. The molecule has 1 aliphatic carbocycles. The number of methoxy groups -OCH3 is 4. The summed E-state index contributed by atoms with van der Waals surface area (Å²) in [6, 6.07) is 19.0. The van der Waals surface area contributed by atoms with Crippen LogP contribution >= 0.6 is 0 Å². The van der Waals surface area contributed by atoms with Gasteiger partial charge in [0.15, 0.2) is 35.0 Å². The quantitative estimate of drug-likeness (QED) is 0.160. The van der Waals surface area contributed by atoms with Gasteiger partial charge >= 0.3 is 11.9 Å². The topological polar surface area (TPSA) is 147 Å². The first-order valence-electron chi connectivity index (χ1n) is 16.7. The monoisotopic (exact) mass is 722 g/mol. The van der Waals surface area contributed by atoms with Crippen molar-refractivity contribution in [2.75, 3.05) is 48.4 Å². The van der Waals surface area contributed by atoms with Crippen LogP contribution in [0.3, 0.4) is 0 Å². The van der Waals surface area contributed by atoms with Crippen molar-refractivity contribution < 1.29 is 56.6 Å². The summed E-state index contributed by atoms with van der Waals surface area (Å²) < 4.78 is 56.8. The Labute approximate surface area is 302 Å². The first kappa shape index (κ1) is 33.8. The summed E-state index contributed by atoms with van der Waals surface area (Å²) in [6.45, 7) is -0.410. The van der Waals surface area contributed by atoms with Crippen LogP contribution in [0.2, 0.25) is 0 Å². The van der Waals surface area contributed by atoms with Crippen LogP contribution in [0, 0.1) is 11.8 Å². The van der Waals surface area contributed by atoms with Gasteiger partial charge < -0.3 is 47.0 Å². The molecule has 4 atom stereocenters. The fourth-order valence-corrected chi connectivity index (χ4v) is 7.43. The molecular weight excluding hydrogens is 688 g/mol. The molecular formula is C40H34O13. The molecule has 4 aromatic carbocycles. The molecule has 2 aliphatic heterocycles. The largest absolute Gasteiger partial charge is 0.497 e. The Balaban J connectivity index is 1.07. The molecule has 3 heterocycles. The summed E-state index contributed by atoms with van der Waals surface area (Å²) >= 11 is 0. The van der Waals surface area contributed by atoms with E-state index in [1.54, 1.807) is 67.8 Å². The van der Waals surface area contributed by atoms with E-state index in [4.69, 9.17) is 47.0 Å². The molecule has 13 nitrogen and oxygen atoms in total. The number of esters is 2. The van der Waals surface area contributed by atoms with E-state index in [-0.39, 0.29) is 24.4 Å². The number of carbonyl (C=O) groups excluding carboxylic acids is 2. The normalized spacial score (nSPS) is 19.5. The Kier molecular flexibility index (Phi) is 8.69. The number of cyclic esters (lactones) is 1. The maximum absolute atomic E-state index is 13.5. The second-order valence-electron chi connectivity index (χ2n) is 12.7. The maximum atomic E-state index is 13.5. The van der Waals surface area contributed by atoms with E-state index in [2.05, 4.69) is 0 Å². The van der Waals surface area contributed by atoms with Gasteiger partial charge in [-0.15, -0.1) is 0 Å². The maximum Gasteiger partial charge on any atom is 0.344 e. The molecule has 0 saturated carbocycles. The van der Waals surface area contributed by atoms with E-state index in [1.807, 2.05) is 6.07 Å². The molecule has 5 aromatic rings. The number of carbonyl (C=O) groups is 2. The van der Waals surface area contributed by atoms with Gasteiger partial charge in [0.2, 0.25) is 12.5 Å². The molecule has 272 valence electrons. The van der Waals surface area contributed by atoms with E-state index >= 15 is 0 Å². The van der Waals surface area contributed by atoms with E-state index in [1.165, 1.54) is 27.6 Å². The lowest BCUT2D eigenvalue weighted by Crippen LogP contribution is -2.37. The zero-order valence-electron chi connectivity index (χ0n) is 29.2. The lowest BCUT2D eigenvalue weighted by molar-refractivity contribution is -0.156. The Bertz CT molecular complexity index is 2270. The van der Waals surface area contributed by atoms with Gasteiger partial charge in [0, 0.05) is 23.5 Å². The Morgan fingerprint density at radius 2 is 1.47 bits per heavy atom. The van der Waals surface area contributed by atoms with Crippen LogP contribution in [0.4, 0.5) is 0 Å². The van der Waals surface area contributed by atoms with Crippen molar-refractivity contribution in [2.24, 2.45) is 11.8 Å². The van der Waals surface area contributed by atoms with Gasteiger partial charge in [-0.05, 0) is 65.2 Å². The molecule has 0 unspecified atom stereocenters. The highest BCUT2D eigenvalue weighted by Crippen LogP contribution is 2.56. The van der Waals surface area contributed by atoms with Gasteiger partial charge in [0.05, 0.1) is 51.9 Å². The third kappa shape index (κ3) is 5.87. The van der Waals surface area contributed by atoms with Crippen LogP contribution < -0.4 is 38.6 Å². The molecule has 0 amide bonds. The predicted molar refractivity (Wildman–Crippen MR) is 187 cm³/mol. The Hall–Kier alpha value is -6.37. The van der Waals surface area contributed by atoms with Crippen molar-refractivity contribution in [2.45, 2.75) is 12.0 Å². The SMILES string of the molecule is COc1ccc(-c2coc3cc(OCC(=O)O[C@@H]4c5cc6c(cc5[C@@H](c5cc(OC)c(OC)c(OC)c5)[C@H]5C(=O)OC[C@@H]54)OCO6)ccc3c2=O)cc1. The lowest BCUT2D eigenvalue weighted by Gasteiger charge is -2.38. The predicted octanol–water partition coefficient (Wildman–Crippen LogP) is 5.82. The van der Waals surface area contributed by atoms with Gasteiger partial charge in [-0.25, -0.2) is 4.79 Å². The molecule has 1 fully saturated rings. The number of fused-ring (bicyclic) bond motifs is 4. The molecule has 8 rings (SSSR count). The average Bonchev–Trinajstić information content (AvgIpc) is 3.82. The number of hydrogen-bond donors (Lipinski definition) is 0. The van der Waals surface area contributed by atoms with Crippen molar-refractivity contribution in [3.8, 4) is 51.4 Å². The minimum absolute atomic E-state index is 0.0228. The molecule has 3 aliphatic rings. The molecule has 1 aromatic heterocycles. The molecule has 0 radical (unpaired) electrons. The molecule has 0 spiro atoms. The highest BCUT2D eigenvalue weighted by atomic mass is 16.7. The Morgan fingerprint density at radius 3 is 2.15 bits per heavy atom. The van der Waals surface area contributed by atoms with E-state index < -0.39 is 42.4 Å². The van der Waals surface area contributed by atoms with Crippen LogP contribution in [0.5, 0.6) is 40.2 Å². The standard InChI is InChI=1S/C40H34O13/c1-44-22-7-5-20(6-8-22)27-16-49-29-13-23(9-10-24(29)37(27)42)48-18-34(41)53-38-26-15-31-30(51-19-52-31)14-25(26)35(36-28(38)17-50-40(36)43)21-11-32(45-2)39(47-4)33(12-21)46-3/h5-16,28,35-36,38H,17-19H2,1-4H3/t28-,35+,36-,38+/m0/s1. The fraction of sp³-hybridized carbons (Fsp3) is 0.275. The minimum Gasteiger partial charge on any atom is -0.497 e. The van der Waals surface area contributed by atoms with Gasteiger partial charge in [-0.3, -0.25) is 9.59 Å². The van der Waals surface area contributed by atoms with Gasteiger partial charge in [-0.2, -0.15) is 0 Å². The molecule has 53 heavy (non-hydrogen) atoms.